The van der Waals surface area contributed by atoms with E-state index in [4.69, 9.17) is 0 Å². The van der Waals surface area contributed by atoms with E-state index in [9.17, 15) is 18.8 Å². The molecule has 1 aliphatic carbocycles. The largest absolute Gasteiger partial charge is 0.367 e. The van der Waals surface area contributed by atoms with E-state index < -0.39 is 5.82 Å². The smallest absolute Gasteiger partial charge is 0.322 e. The van der Waals surface area contributed by atoms with Gasteiger partial charge in [0.1, 0.15) is 5.82 Å². The predicted molar refractivity (Wildman–Crippen MR) is 143 cm³/mol. The first-order chi connectivity index (χ1) is 17.9. The van der Waals surface area contributed by atoms with Gasteiger partial charge in [0, 0.05) is 56.6 Å². The fourth-order valence-corrected chi connectivity index (χ4v) is 5.08. The number of hydrogen-bond acceptors (Lipinski definition) is 4. The lowest BCUT2D eigenvalue weighted by Gasteiger charge is -2.37. The van der Waals surface area contributed by atoms with Gasteiger partial charge in [-0.2, -0.15) is 0 Å². The molecule has 1 saturated heterocycles. The van der Waals surface area contributed by atoms with Crippen LogP contribution in [-0.2, 0) is 4.79 Å². The monoisotopic (exact) mass is 509 g/mol. The summed E-state index contributed by atoms with van der Waals surface area (Å²) in [5.74, 6) is -0.517. The minimum Gasteiger partial charge on any atom is -0.367 e. The van der Waals surface area contributed by atoms with Gasteiger partial charge in [0.15, 0.2) is 0 Å². The Morgan fingerprint density at radius 1 is 0.946 bits per heavy atom. The maximum atomic E-state index is 13.9. The molecule has 2 aliphatic rings. The Balaban J connectivity index is 1.48. The summed E-state index contributed by atoms with van der Waals surface area (Å²) in [6, 6.07) is 11.2. The molecule has 0 unspecified atom stereocenters. The number of anilines is 3. The molecule has 4 amide bonds. The van der Waals surface area contributed by atoms with Crippen molar-refractivity contribution in [3.8, 4) is 0 Å². The van der Waals surface area contributed by atoms with E-state index in [1.54, 1.807) is 28.0 Å². The second-order valence-corrected chi connectivity index (χ2v) is 9.56. The number of nitrogens with zero attached hydrogens (tertiary/aromatic N) is 3. The Hall–Kier alpha value is -3.62. The molecule has 1 saturated carbocycles. The normalized spacial score (nSPS) is 16.0. The molecule has 198 valence electrons. The van der Waals surface area contributed by atoms with Gasteiger partial charge in [0.25, 0.3) is 5.91 Å². The highest BCUT2D eigenvalue weighted by Gasteiger charge is 2.27. The van der Waals surface area contributed by atoms with E-state index >= 15 is 0 Å². The van der Waals surface area contributed by atoms with Gasteiger partial charge >= 0.3 is 6.03 Å². The molecule has 9 heteroatoms. The van der Waals surface area contributed by atoms with Crippen molar-refractivity contribution in [3.05, 3.63) is 53.8 Å². The predicted octanol–water partition coefficient (Wildman–Crippen LogP) is 4.79. The van der Waals surface area contributed by atoms with Crippen LogP contribution in [0.15, 0.2) is 42.5 Å². The molecule has 0 atom stereocenters. The molecular formula is C28H36FN5O3. The highest BCUT2D eigenvalue weighted by atomic mass is 19.1. The number of benzene rings is 2. The standard InChI is InChI=1S/C28H36FN5O3/c1-3-32(4-2)27(36)22-19-21(30-26(35)20-9-5-6-10-20)13-14-25(22)33-15-17-34(18-16-33)28(37)31-24-12-8-7-11-23(24)29/h7-8,11-14,19-20H,3-6,9-10,15-18H2,1-2H3,(H,30,35)(H,31,37). The van der Waals surface area contributed by atoms with Crippen LogP contribution in [0.2, 0.25) is 0 Å². The van der Waals surface area contributed by atoms with Crippen LogP contribution in [0.4, 0.5) is 26.2 Å². The van der Waals surface area contributed by atoms with Gasteiger partial charge in [-0.3, -0.25) is 9.59 Å². The molecule has 4 rings (SSSR count). The molecule has 0 aromatic heterocycles. The maximum absolute atomic E-state index is 13.9. The third kappa shape index (κ3) is 6.21. The van der Waals surface area contributed by atoms with Crippen molar-refractivity contribution in [1.29, 1.82) is 0 Å². The minimum atomic E-state index is -0.478. The zero-order valence-corrected chi connectivity index (χ0v) is 21.6. The third-order valence-electron chi connectivity index (χ3n) is 7.29. The van der Waals surface area contributed by atoms with E-state index in [1.165, 1.54) is 12.1 Å². The zero-order valence-electron chi connectivity index (χ0n) is 21.6. The molecule has 0 radical (unpaired) electrons. The van der Waals surface area contributed by atoms with Crippen LogP contribution in [0.3, 0.4) is 0 Å². The molecular weight excluding hydrogens is 473 g/mol. The quantitative estimate of drug-likeness (QED) is 0.562. The lowest BCUT2D eigenvalue weighted by molar-refractivity contribution is -0.119. The number of piperazine rings is 1. The second kappa shape index (κ2) is 12.1. The van der Waals surface area contributed by atoms with Crippen molar-refractivity contribution in [2.75, 3.05) is 54.8 Å². The number of urea groups is 1. The number of nitrogens with one attached hydrogen (secondary N) is 2. The van der Waals surface area contributed by atoms with Crippen LogP contribution >= 0.6 is 0 Å². The Morgan fingerprint density at radius 2 is 1.62 bits per heavy atom. The first kappa shape index (κ1) is 26.4. The fourth-order valence-electron chi connectivity index (χ4n) is 5.08. The maximum Gasteiger partial charge on any atom is 0.322 e. The highest BCUT2D eigenvalue weighted by Crippen LogP contribution is 2.30. The Kier molecular flexibility index (Phi) is 8.63. The molecule has 37 heavy (non-hydrogen) atoms. The van der Waals surface area contributed by atoms with Crippen LogP contribution in [0.25, 0.3) is 0 Å². The fraction of sp³-hybridized carbons (Fsp3) is 0.464. The summed E-state index contributed by atoms with van der Waals surface area (Å²) in [7, 11) is 0. The molecule has 2 N–H and O–H groups in total. The van der Waals surface area contributed by atoms with E-state index in [0.29, 0.717) is 50.5 Å². The van der Waals surface area contributed by atoms with E-state index in [1.807, 2.05) is 26.0 Å². The first-order valence-electron chi connectivity index (χ1n) is 13.2. The number of carbonyl (C=O) groups excluding carboxylic acids is 3. The van der Waals surface area contributed by atoms with E-state index in [2.05, 4.69) is 15.5 Å². The Bertz CT molecular complexity index is 1120. The van der Waals surface area contributed by atoms with Gasteiger partial charge in [0.2, 0.25) is 5.91 Å². The van der Waals surface area contributed by atoms with Crippen molar-refractivity contribution < 1.29 is 18.8 Å². The number of carbonyl (C=O) groups is 3. The molecule has 2 fully saturated rings. The lowest BCUT2D eigenvalue weighted by atomic mass is 10.1. The molecule has 2 aromatic carbocycles. The van der Waals surface area contributed by atoms with Gasteiger partial charge in [-0.15, -0.1) is 0 Å². The summed E-state index contributed by atoms with van der Waals surface area (Å²) < 4.78 is 13.9. The summed E-state index contributed by atoms with van der Waals surface area (Å²) in [4.78, 5) is 44.3. The number of hydrogen-bond donors (Lipinski definition) is 2. The summed E-state index contributed by atoms with van der Waals surface area (Å²) in [6.07, 6.45) is 3.97. The Labute approximate surface area is 217 Å². The Morgan fingerprint density at radius 3 is 2.27 bits per heavy atom. The van der Waals surface area contributed by atoms with Gasteiger partial charge in [-0.1, -0.05) is 25.0 Å². The van der Waals surface area contributed by atoms with Crippen LogP contribution in [0.5, 0.6) is 0 Å². The second-order valence-electron chi connectivity index (χ2n) is 9.56. The highest BCUT2D eigenvalue weighted by molar-refractivity contribution is 6.02. The van der Waals surface area contributed by atoms with Gasteiger partial charge < -0.3 is 25.3 Å². The molecule has 0 bridgehead atoms. The average Bonchev–Trinajstić information content (AvgIpc) is 3.46. The van der Waals surface area contributed by atoms with Gasteiger partial charge in [-0.25, -0.2) is 9.18 Å². The first-order valence-corrected chi connectivity index (χ1v) is 13.2. The molecule has 1 heterocycles. The lowest BCUT2D eigenvalue weighted by Crippen LogP contribution is -2.50. The molecule has 8 nitrogen and oxygen atoms in total. The van der Waals surface area contributed by atoms with E-state index in [-0.39, 0.29) is 29.5 Å². The summed E-state index contributed by atoms with van der Waals surface area (Å²) in [6.45, 7) is 6.96. The van der Waals surface area contributed by atoms with E-state index in [0.717, 1.165) is 31.4 Å². The van der Waals surface area contributed by atoms with Crippen LogP contribution in [-0.4, -0.2) is 66.9 Å². The molecule has 1 aliphatic heterocycles. The number of rotatable bonds is 7. The van der Waals surface area contributed by atoms with Crippen LogP contribution < -0.4 is 15.5 Å². The van der Waals surface area contributed by atoms with Crippen LogP contribution in [0, 0.1) is 11.7 Å². The SMILES string of the molecule is CCN(CC)C(=O)c1cc(NC(=O)C2CCCC2)ccc1N1CCN(C(=O)Nc2ccccc2F)CC1. The van der Waals surface area contributed by atoms with Crippen molar-refractivity contribution in [2.45, 2.75) is 39.5 Å². The summed E-state index contributed by atoms with van der Waals surface area (Å²) in [5, 5.41) is 5.65. The third-order valence-corrected chi connectivity index (χ3v) is 7.29. The summed E-state index contributed by atoms with van der Waals surface area (Å²) in [5.41, 5.74) is 2.10. The summed E-state index contributed by atoms with van der Waals surface area (Å²) >= 11 is 0. The van der Waals surface area contributed by atoms with Gasteiger partial charge in [0.05, 0.1) is 11.3 Å². The number of amides is 4. The molecule has 2 aromatic rings. The van der Waals surface area contributed by atoms with Crippen molar-refractivity contribution in [1.82, 2.24) is 9.80 Å². The van der Waals surface area contributed by atoms with Crippen molar-refractivity contribution in [3.63, 3.8) is 0 Å². The minimum absolute atomic E-state index is 0.0148. The number of halogens is 1. The van der Waals surface area contributed by atoms with Crippen molar-refractivity contribution >= 4 is 34.9 Å². The van der Waals surface area contributed by atoms with Gasteiger partial charge in [-0.05, 0) is 57.0 Å². The molecule has 0 spiro atoms. The zero-order chi connectivity index (χ0) is 26.4. The number of para-hydroxylation sites is 1. The van der Waals surface area contributed by atoms with Crippen LogP contribution in [0.1, 0.15) is 49.9 Å². The topological polar surface area (TPSA) is 85.0 Å². The average molecular weight is 510 g/mol. The van der Waals surface area contributed by atoms with Crippen molar-refractivity contribution in [2.24, 2.45) is 5.92 Å².